The molecule has 2 fully saturated rings. The lowest BCUT2D eigenvalue weighted by Crippen LogP contribution is -2.46. The molecule has 0 radical (unpaired) electrons. The molecule has 2 saturated heterocycles. The smallest absolute Gasteiger partial charge is 0.264 e. The van der Waals surface area contributed by atoms with E-state index in [4.69, 9.17) is 0 Å². The van der Waals surface area contributed by atoms with E-state index in [1.54, 1.807) is 0 Å². The maximum atomic E-state index is 12.6. The first kappa shape index (κ1) is 13.6. The first-order valence-electron chi connectivity index (χ1n) is 5.98. The lowest BCUT2D eigenvalue weighted by atomic mass is 10.0. The molecule has 6 heteroatoms. The number of thiophene rings is 1. The monoisotopic (exact) mass is 455 g/mol. The minimum atomic E-state index is 0.207. The Morgan fingerprint density at radius 3 is 2.39 bits per heavy atom. The molecule has 2 aliphatic rings. The summed E-state index contributed by atoms with van der Waals surface area (Å²) in [5, 5.41) is 0. The van der Waals surface area contributed by atoms with E-state index in [2.05, 4.69) is 52.7 Å². The van der Waals surface area contributed by atoms with Crippen molar-refractivity contribution in [3.8, 4) is 0 Å². The molecule has 2 unspecified atom stereocenters. The van der Waals surface area contributed by atoms with Gasteiger partial charge in [0.15, 0.2) is 0 Å². The highest BCUT2D eigenvalue weighted by molar-refractivity contribution is 9.13. The molecular formula is C12H12Br3NOS. The lowest BCUT2D eigenvalue weighted by Gasteiger charge is -2.36. The van der Waals surface area contributed by atoms with Crippen LogP contribution in [0.15, 0.2) is 14.3 Å². The minimum Gasteiger partial charge on any atom is -0.332 e. The fourth-order valence-corrected chi connectivity index (χ4v) is 5.86. The molecule has 0 aliphatic carbocycles. The number of halogens is 3. The largest absolute Gasteiger partial charge is 0.332 e. The highest BCUT2D eigenvalue weighted by atomic mass is 79.9. The van der Waals surface area contributed by atoms with E-state index in [1.165, 1.54) is 11.3 Å². The summed E-state index contributed by atoms with van der Waals surface area (Å²) in [5.41, 5.74) is 0. The third kappa shape index (κ3) is 2.34. The van der Waals surface area contributed by atoms with E-state index in [9.17, 15) is 4.79 Å². The average Bonchev–Trinajstić information content (AvgIpc) is 2.78. The van der Waals surface area contributed by atoms with Crippen molar-refractivity contribution in [2.45, 2.75) is 42.6 Å². The summed E-state index contributed by atoms with van der Waals surface area (Å²) in [6.07, 6.45) is 4.50. The Morgan fingerprint density at radius 1 is 1.28 bits per heavy atom. The van der Waals surface area contributed by atoms with Crippen LogP contribution in [0.2, 0.25) is 0 Å². The molecule has 1 amide bonds. The van der Waals surface area contributed by atoms with Gasteiger partial charge in [0.05, 0.1) is 8.66 Å². The number of carbonyl (C=O) groups excluding carboxylic acids is 1. The number of carbonyl (C=O) groups is 1. The normalized spacial score (nSPS) is 30.8. The highest BCUT2D eigenvalue weighted by Gasteiger charge is 2.43. The molecule has 0 N–H and O–H groups in total. The van der Waals surface area contributed by atoms with Crippen LogP contribution in [0.5, 0.6) is 0 Å². The van der Waals surface area contributed by atoms with Crippen molar-refractivity contribution in [1.82, 2.24) is 4.90 Å². The van der Waals surface area contributed by atoms with E-state index in [0.717, 1.165) is 38.8 Å². The van der Waals surface area contributed by atoms with Crippen LogP contribution in [0.25, 0.3) is 0 Å². The summed E-state index contributed by atoms with van der Waals surface area (Å²) in [6.45, 7) is 0. The molecule has 18 heavy (non-hydrogen) atoms. The second-order valence-corrected chi connectivity index (χ2v) is 9.42. The van der Waals surface area contributed by atoms with Crippen molar-refractivity contribution < 1.29 is 4.79 Å². The average molecular weight is 458 g/mol. The van der Waals surface area contributed by atoms with Gasteiger partial charge in [0, 0.05) is 21.4 Å². The summed E-state index contributed by atoms with van der Waals surface area (Å²) in [6, 6.07) is 2.79. The summed E-state index contributed by atoms with van der Waals surface area (Å²) >= 11 is 12.1. The Hall–Kier alpha value is 0.610. The van der Waals surface area contributed by atoms with Crippen molar-refractivity contribution in [2.75, 3.05) is 0 Å². The zero-order chi connectivity index (χ0) is 12.9. The molecule has 2 nitrogen and oxygen atoms in total. The first-order valence-corrected chi connectivity index (χ1v) is 9.29. The van der Waals surface area contributed by atoms with Gasteiger partial charge in [0.2, 0.25) is 0 Å². The number of alkyl halides is 1. The van der Waals surface area contributed by atoms with Crippen LogP contribution in [-0.2, 0) is 0 Å². The van der Waals surface area contributed by atoms with Gasteiger partial charge in [-0.25, -0.2) is 0 Å². The summed E-state index contributed by atoms with van der Waals surface area (Å²) in [7, 11) is 0. The number of rotatable bonds is 1. The zero-order valence-electron chi connectivity index (χ0n) is 9.54. The third-order valence-corrected chi connectivity index (χ3v) is 7.76. The van der Waals surface area contributed by atoms with Gasteiger partial charge >= 0.3 is 0 Å². The molecule has 3 heterocycles. The quantitative estimate of drug-likeness (QED) is 0.554. The standard InChI is InChI=1S/C12H12Br3NOS/c13-6-3-7-1-2-8(4-6)16(7)12(17)10-5-9(14)11(15)18-10/h5-8H,1-4H2. The SMILES string of the molecule is O=C(c1cc(Br)c(Br)s1)N1C2CCC1CC(Br)C2. The van der Waals surface area contributed by atoms with E-state index in [0.29, 0.717) is 16.9 Å². The highest BCUT2D eigenvalue weighted by Crippen LogP contribution is 2.41. The summed E-state index contributed by atoms with van der Waals surface area (Å²) in [4.78, 5) is 16.2. The molecule has 0 aromatic carbocycles. The van der Waals surface area contributed by atoms with Crippen molar-refractivity contribution in [3.63, 3.8) is 0 Å². The predicted octanol–water partition coefficient (Wildman–Crippen LogP) is 4.80. The Bertz CT molecular complexity index is 456. The Balaban J connectivity index is 1.85. The Labute approximate surface area is 136 Å². The molecule has 0 spiro atoms. The maximum Gasteiger partial charge on any atom is 0.264 e. The van der Waals surface area contributed by atoms with Crippen molar-refractivity contribution >= 4 is 65.0 Å². The van der Waals surface area contributed by atoms with Crippen LogP contribution in [0.4, 0.5) is 0 Å². The topological polar surface area (TPSA) is 20.3 Å². The third-order valence-electron chi connectivity index (χ3n) is 3.77. The van der Waals surface area contributed by atoms with Gasteiger partial charge in [-0.2, -0.15) is 0 Å². The summed E-state index contributed by atoms with van der Waals surface area (Å²) in [5.74, 6) is 0.207. The van der Waals surface area contributed by atoms with Gasteiger partial charge in [-0.05, 0) is 63.6 Å². The number of amides is 1. The van der Waals surface area contributed by atoms with Gasteiger partial charge in [0.25, 0.3) is 5.91 Å². The fraction of sp³-hybridized carbons (Fsp3) is 0.583. The van der Waals surface area contributed by atoms with Crippen LogP contribution >= 0.6 is 59.1 Å². The molecule has 2 bridgehead atoms. The maximum absolute atomic E-state index is 12.6. The van der Waals surface area contributed by atoms with Gasteiger partial charge in [0.1, 0.15) is 0 Å². The molecule has 3 rings (SSSR count). The zero-order valence-corrected chi connectivity index (χ0v) is 15.1. The van der Waals surface area contributed by atoms with Crippen LogP contribution in [0.1, 0.15) is 35.4 Å². The number of nitrogens with zero attached hydrogens (tertiary/aromatic N) is 1. The van der Waals surface area contributed by atoms with E-state index >= 15 is 0 Å². The molecular weight excluding hydrogens is 446 g/mol. The first-order chi connectivity index (χ1) is 8.56. The van der Waals surface area contributed by atoms with Crippen LogP contribution in [0, 0.1) is 0 Å². The lowest BCUT2D eigenvalue weighted by molar-refractivity contribution is 0.0608. The number of fused-ring (bicyclic) bond motifs is 2. The molecule has 1 aromatic rings. The Kier molecular flexibility index (Phi) is 3.91. The van der Waals surface area contributed by atoms with Gasteiger partial charge in [-0.15, -0.1) is 11.3 Å². The molecule has 0 saturated carbocycles. The second-order valence-electron chi connectivity index (χ2n) is 4.90. The van der Waals surface area contributed by atoms with Crippen molar-refractivity contribution in [1.29, 1.82) is 0 Å². The Morgan fingerprint density at radius 2 is 1.89 bits per heavy atom. The molecule has 2 atom stereocenters. The van der Waals surface area contributed by atoms with Crippen molar-refractivity contribution in [3.05, 3.63) is 19.2 Å². The van der Waals surface area contributed by atoms with E-state index in [-0.39, 0.29) is 5.91 Å². The van der Waals surface area contributed by atoms with Gasteiger partial charge in [-0.1, -0.05) is 15.9 Å². The van der Waals surface area contributed by atoms with E-state index in [1.807, 2.05) is 6.07 Å². The molecule has 98 valence electrons. The van der Waals surface area contributed by atoms with Crippen LogP contribution in [-0.4, -0.2) is 27.7 Å². The molecule has 1 aromatic heterocycles. The van der Waals surface area contributed by atoms with E-state index < -0.39 is 0 Å². The van der Waals surface area contributed by atoms with Gasteiger partial charge in [-0.3, -0.25) is 4.79 Å². The van der Waals surface area contributed by atoms with Crippen LogP contribution in [0.3, 0.4) is 0 Å². The van der Waals surface area contributed by atoms with Gasteiger partial charge < -0.3 is 4.90 Å². The number of hydrogen-bond donors (Lipinski definition) is 0. The van der Waals surface area contributed by atoms with Crippen molar-refractivity contribution in [2.24, 2.45) is 0 Å². The number of hydrogen-bond acceptors (Lipinski definition) is 2. The second kappa shape index (κ2) is 5.19. The number of piperidine rings is 1. The fourth-order valence-electron chi connectivity index (χ4n) is 3.02. The minimum absolute atomic E-state index is 0.207. The molecule has 2 aliphatic heterocycles. The van der Waals surface area contributed by atoms with Crippen LogP contribution < -0.4 is 0 Å². The predicted molar refractivity (Wildman–Crippen MR) is 84.6 cm³/mol. The summed E-state index contributed by atoms with van der Waals surface area (Å²) < 4.78 is 1.96.